The van der Waals surface area contributed by atoms with Gasteiger partial charge in [0, 0.05) is 25.2 Å². The van der Waals surface area contributed by atoms with E-state index in [-0.39, 0.29) is 24.8 Å². The highest BCUT2D eigenvalue weighted by Crippen LogP contribution is 2.03. The predicted octanol–water partition coefficient (Wildman–Crippen LogP) is -0.601. The lowest BCUT2D eigenvalue weighted by molar-refractivity contribution is -0.139. The number of carboxylic acid groups (broad SMARTS) is 1. The molecular formula is C14H22N2O6. The fourth-order valence-electron chi connectivity index (χ4n) is 1.76. The van der Waals surface area contributed by atoms with Crippen molar-refractivity contribution >= 4 is 17.8 Å². The number of carbonyl (C=O) groups is 3. The number of nitrogens with zero attached hydrogens (tertiary/aromatic N) is 1. The van der Waals surface area contributed by atoms with Crippen molar-refractivity contribution in [1.82, 2.24) is 10.2 Å². The Kier molecular flexibility index (Phi) is 9.04. The van der Waals surface area contributed by atoms with E-state index in [9.17, 15) is 14.4 Å². The number of carbonyl (C=O) groups excluding carboxylic acids is 2. The minimum Gasteiger partial charge on any atom is -0.481 e. The van der Waals surface area contributed by atoms with Gasteiger partial charge in [-0.3, -0.25) is 19.3 Å². The van der Waals surface area contributed by atoms with Crippen LogP contribution in [0.5, 0.6) is 0 Å². The molecule has 8 heteroatoms. The first-order valence-corrected chi connectivity index (χ1v) is 7.23. The number of hydrogen-bond donors (Lipinski definition) is 2. The van der Waals surface area contributed by atoms with Crippen molar-refractivity contribution in [2.75, 3.05) is 46.1 Å². The molecule has 22 heavy (non-hydrogen) atoms. The maximum absolute atomic E-state index is 11.3. The maximum atomic E-state index is 11.3. The molecule has 0 aromatic rings. The van der Waals surface area contributed by atoms with Crippen molar-refractivity contribution in [1.29, 1.82) is 0 Å². The summed E-state index contributed by atoms with van der Waals surface area (Å²) in [6.07, 6.45) is 3.25. The molecule has 1 rings (SSSR count). The third-order valence-corrected chi connectivity index (χ3v) is 2.89. The Hall–Kier alpha value is -1.77. The van der Waals surface area contributed by atoms with Crippen LogP contribution in [0.2, 0.25) is 0 Å². The van der Waals surface area contributed by atoms with E-state index in [1.807, 2.05) is 0 Å². The Labute approximate surface area is 129 Å². The van der Waals surface area contributed by atoms with Gasteiger partial charge in [-0.05, 0) is 13.0 Å². The molecule has 1 aliphatic heterocycles. The standard InChI is InChI=1S/C14H22N2O6/c17-12-2-3-13(18)16(12)7-1-5-15-6-9-22-11-10-21-8-4-14(19)20/h2-3,15H,1,4-11H2,(H,19,20). The summed E-state index contributed by atoms with van der Waals surface area (Å²) in [5, 5.41) is 11.5. The van der Waals surface area contributed by atoms with E-state index in [0.717, 1.165) is 0 Å². The highest BCUT2D eigenvalue weighted by molar-refractivity contribution is 6.12. The first kappa shape index (κ1) is 18.3. The van der Waals surface area contributed by atoms with Gasteiger partial charge in [0.15, 0.2) is 0 Å². The van der Waals surface area contributed by atoms with Crippen molar-refractivity contribution < 1.29 is 29.0 Å². The van der Waals surface area contributed by atoms with E-state index in [1.165, 1.54) is 17.1 Å². The second kappa shape index (κ2) is 10.9. The van der Waals surface area contributed by atoms with Crippen LogP contribution in [-0.2, 0) is 23.9 Å². The van der Waals surface area contributed by atoms with Gasteiger partial charge in [0.1, 0.15) is 0 Å². The average Bonchev–Trinajstić information content (AvgIpc) is 2.79. The highest BCUT2D eigenvalue weighted by Gasteiger charge is 2.21. The molecule has 2 N–H and O–H groups in total. The monoisotopic (exact) mass is 314 g/mol. The molecule has 2 amide bonds. The van der Waals surface area contributed by atoms with Crippen LogP contribution in [0, 0.1) is 0 Å². The first-order valence-electron chi connectivity index (χ1n) is 7.23. The van der Waals surface area contributed by atoms with E-state index < -0.39 is 5.97 Å². The van der Waals surface area contributed by atoms with Crippen molar-refractivity contribution in [3.05, 3.63) is 12.2 Å². The molecule has 0 bridgehead atoms. The Bertz CT molecular complexity index is 392. The molecule has 0 saturated heterocycles. The van der Waals surface area contributed by atoms with Crippen molar-refractivity contribution in [3.8, 4) is 0 Å². The van der Waals surface area contributed by atoms with Crippen LogP contribution in [0.1, 0.15) is 12.8 Å². The largest absolute Gasteiger partial charge is 0.481 e. The van der Waals surface area contributed by atoms with Crippen LogP contribution in [-0.4, -0.2) is 73.9 Å². The number of ether oxygens (including phenoxy) is 2. The smallest absolute Gasteiger partial charge is 0.305 e. The first-order chi connectivity index (χ1) is 10.6. The molecule has 1 aliphatic rings. The Balaban J connectivity index is 1.81. The normalized spacial score (nSPS) is 14.1. The van der Waals surface area contributed by atoms with Crippen LogP contribution in [0.3, 0.4) is 0 Å². The topological polar surface area (TPSA) is 105 Å². The molecule has 0 fully saturated rings. The molecule has 0 aromatic heterocycles. The molecule has 0 unspecified atom stereocenters. The number of rotatable bonds is 13. The van der Waals surface area contributed by atoms with Gasteiger partial charge in [-0.1, -0.05) is 0 Å². The molecule has 0 radical (unpaired) electrons. The second-order valence-corrected chi connectivity index (χ2v) is 4.63. The number of carboxylic acids is 1. The van der Waals surface area contributed by atoms with Crippen LogP contribution in [0.25, 0.3) is 0 Å². The molecule has 0 spiro atoms. The highest BCUT2D eigenvalue weighted by atomic mass is 16.5. The van der Waals surface area contributed by atoms with Crippen molar-refractivity contribution in [3.63, 3.8) is 0 Å². The lowest BCUT2D eigenvalue weighted by Gasteiger charge is -2.13. The lowest BCUT2D eigenvalue weighted by Crippen LogP contribution is -2.33. The summed E-state index contributed by atoms with van der Waals surface area (Å²) in [7, 11) is 0. The molecular weight excluding hydrogens is 292 g/mol. The van der Waals surface area contributed by atoms with Gasteiger partial charge < -0.3 is 19.9 Å². The summed E-state index contributed by atoms with van der Waals surface area (Å²) in [5.74, 6) is -1.38. The summed E-state index contributed by atoms with van der Waals surface area (Å²) in [6.45, 7) is 3.27. The molecule has 8 nitrogen and oxygen atoms in total. The number of nitrogens with one attached hydrogen (secondary N) is 1. The molecule has 124 valence electrons. The lowest BCUT2D eigenvalue weighted by atomic mass is 10.4. The van der Waals surface area contributed by atoms with E-state index in [2.05, 4.69) is 5.32 Å². The number of amides is 2. The Morgan fingerprint density at radius 1 is 1.05 bits per heavy atom. The molecule has 0 atom stereocenters. The summed E-state index contributed by atoms with van der Waals surface area (Å²) in [5.41, 5.74) is 0. The average molecular weight is 314 g/mol. The summed E-state index contributed by atoms with van der Waals surface area (Å²) >= 11 is 0. The second-order valence-electron chi connectivity index (χ2n) is 4.63. The number of aliphatic carboxylic acids is 1. The van der Waals surface area contributed by atoms with E-state index >= 15 is 0 Å². The third kappa shape index (κ3) is 7.87. The van der Waals surface area contributed by atoms with Crippen molar-refractivity contribution in [2.24, 2.45) is 0 Å². The fraction of sp³-hybridized carbons (Fsp3) is 0.643. The quantitative estimate of drug-likeness (QED) is 0.345. The van der Waals surface area contributed by atoms with Gasteiger partial charge in [-0.25, -0.2) is 0 Å². The van der Waals surface area contributed by atoms with Gasteiger partial charge in [0.05, 0.1) is 32.8 Å². The maximum Gasteiger partial charge on any atom is 0.305 e. The minimum atomic E-state index is -0.877. The van der Waals surface area contributed by atoms with Gasteiger partial charge >= 0.3 is 5.97 Å². The van der Waals surface area contributed by atoms with Crippen LogP contribution < -0.4 is 5.32 Å². The zero-order valence-electron chi connectivity index (χ0n) is 12.5. The molecule has 0 aromatic carbocycles. The SMILES string of the molecule is O=C(O)CCOCCOCCNCCCN1C(=O)C=CC1=O. The zero-order valence-corrected chi connectivity index (χ0v) is 12.5. The van der Waals surface area contributed by atoms with Crippen LogP contribution in [0.4, 0.5) is 0 Å². The van der Waals surface area contributed by atoms with Gasteiger partial charge in [0.25, 0.3) is 11.8 Å². The van der Waals surface area contributed by atoms with Crippen LogP contribution in [0.15, 0.2) is 12.2 Å². The van der Waals surface area contributed by atoms with Gasteiger partial charge in [-0.2, -0.15) is 0 Å². The van der Waals surface area contributed by atoms with Crippen molar-refractivity contribution in [2.45, 2.75) is 12.8 Å². The van der Waals surface area contributed by atoms with E-state index in [0.29, 0.717) is 45.9 Å². The van der Waals surface area contributed by atoms with Gasteiger partial charge in [-0.15, -0.1) is 0 Å². The summed E-state index contributed by atoms with van der Waals surface area (Å²) in [6, 6.07) is 0. The fourth-order valence-corrected chi connectivity index (χ4v) is 1.76. The number of hydrogen-bond acceptors (Lipinski definition) is 6. The van der Waals surface area contributed by atoms with E-state index in [1.54, 1.807) is 0 Å². The molecule has 0 aliphatic carbocycles. The summed E-state index contributed by atoms with van der Waals surface area (Å²) < 4.78 is 10.4. The molecule has 0 saturated carbocycles. The van der Waals surface area contributed by atoms with E-state index in [4.69, 9.17) is 14.6 Å². The zero-order chi connectivity index (χ0) is 16.2. The molecule has 1 heterocycles. The number of imide groups is 1. The summed E-state index contributed by atoms with van der Waals surface area (Å²) in [4.78, 5) is 34.0. The van der Waals surface area contributed by atoms with Crippen LogP contribution >= 0.6 is 0 Å². The minimum absolute atomic E-state index is 0.000894. The predicted molar refractivity (Wildman–Crippen MR) is 77.2 cm³/mol. The Morgan fingerprint density at radius 2 is 1.68 bits per heavy atom. The van der Waals surface area contributed by atoms with Gasteiger partial charge in [0.2, 0.25) is 0 Å². The Morgan fingerprint density at radius 3 is 2.32 bits per heavy atom. The third-order valence-electron chi connectivity index (χ3n) is 2.89.